The fraction of sp³-hybridized carbons (Fsp3) is 0.118. The van der Waals surface area contributed by atoms with Crippen LogP contribution < -0.4 is 11.1 Å². The van der Waals surface area contributed by atoms with E-state index in [9.17, 15) is 9.90 Å². The number of amides is 1. The van der Waals surface area contributed by atoms with Gasteiger partial charge in [0, 0.05) is 30.2 Å². The van der Waals surface area contributed by atoms with E-state index in [1.807, 2.05) is 12.1 Å². The molecule has 0 radical (unpaired) electrons. The molecule has 0 bridgehead atoms. The molecule has 0 aliphatic rings. The Morgan fingerprint density at radius 1 is 1.16 bits per heavy atom. The zero-order valence-corrected chi connectivity index (χ0v) is 13.2. The molecule has 0 saturated carbocycles. The number of anilines is 1. The standard InChI is InChI=1S/C17H16N6O2/c18-16(25)14(10-24)21-15-8-13(11-4-3-6-19-9-11)22-17(23-15)12-5-1-2-7-20-12/h1-9,14,24H,10H2,(H2,18,25)(H,21,22,23). The van der Waals surface area contributed by atoms with Gasteiger partial charge in [-0.1, -0.05) is 6.07 Å². The number of aliphatic hydroxyl groups excluding tert-OH is 1. The van der Waals surface area contributed by atoms with E-state index >= 15 is 0 Å². The van der Waals surface area contributed by atoms with E-state index < -0.39 is 18.6 Å². The third-order valence-electron chi connectivity index (χ3n) is 3.43. The molecule has 0 aromatic carbocycles. The highest BCUT2D eigenvalue weighted by molar-refractivity contribution is 5.83. The maximum atomic E-state index is 11.4. The fourth-order valence-corrected chi connectivity index (χ4v) is 2.18. The van der Waals surface area contributed by atoms with Gasteiger partial charge in [0.15, 0.2) is 5.82 Å². The Balaban J connectivity index is 2.07. The fourth-order valence-electron chi connectivity index (χ4n) is 2.18. The summed E-state index contributed by atoms with van der Waals surface area (Å²) in [6.45, 7) is -0.444. The molecule has 0 fully saturated rings. The lowest BCUT2D eigenvalue weighted by Crippen LogP contribution is -2.38. The van der Waals surface area contributed by atoms with Crippen LogP contribution in [0, 0.1) is 0 Å². The maximum absolute atomic E-state index is 11.4. The van der Waals surface area contributed by atoms with E-state index in [0.717, 1.165) is 5.56 Å². The third-order valence-corrected chi connectivity index (χ3v) is 3.43. The normalized spacial score (nSPS) is 11.7. The summed E-state index contributed by atoms with van der Waals surface area (Å²) >= 11 is 0. The molecular weight excluding hydrogens is 320 g/mol. The van der Waals surface area contributed by atoms with Crippen molar-refractivity contribution < 1.29 is 9.90 Å². The van der Waals surface area contributed by atoms with E-state index in [-0.39, 0.29) is 0 Å². The Labute approximate surface area is 143 Å². The number of rotatable bonds is 6. The summed E-state index contributed by atoms with van der Waals surface area (Å²) in [6.07, 6.45) is 4.98. The minimum atomic E-state index is -0.951. The maximum Gasteiger partial charge on any atom is 0.242 e. The van der Waals surface area contributed by atoms with Crippen molar-refractivity contribution in [3.05, 3.63) is 55.0 Å². The molecule has 8 heteroatoms. The first-order valence-corrected chi connectivity index (χ1v) is 7.55. The summed E-state index contributed by atoms with van der Waals surface area (Å²) in [6, 6.07) is 9.77. The van der Waals surface area contributed by atoms with Gasteiger partial charge in [-0.25, -0.2) is 9.97 Å². The highest BCUT2D eigenvalue weighted by atomic mass is 16.3. The lowest BCUT2D eigenvalue weighted by Gasteiger charge is -2.15. The summed E-state index contributed by atoms with van der Waals surface area (Å²) in [5.41, 5.74) is 7.23. The van der Waals surface area contributed by atoms with Crippen LogP contribution in [0.15, 0.2) is 55.0 Å². The zero-order chi connectivity index (χ0) is 17.6. The second-order valence-corrected chi connectivity index (χ2v) is 5.20. The number of carbonyl (C=O) groups is 1. The van der Waals surface area contributed by atoms with Crippen LogP contribution in [-0.4, -0.2) is 43.6 Å². The van der Waals surface area contributed by atoms with E-state index in [2.05, 4.69) is 25.3 Å². The second kappa shape index (κ2) is 7.45. The first kappa shape index (κ1) is 16.5. The Morgan fingerprint density at radius 3 is 2.68 bits per heavy atom. The van der Waals surface area contributed by atoms with Crippen molar-refractivity contribution in [3.8, 4) is 22.8 Å². The largest absolute Gasteiger partial charge is 0.394 e. The molecule has 3 heterocycles. The molecule has 0 saturated heterocycles. The third kappa shape index (κ3) is 3.93. The van der Waals surface area contributed by atoms with Crippen LogP contribution >= 0.6 is 0 Å². The van der Waals surface area contributed by atoms with Crippen molar-refractivity contribution in [3.63, 3.8) is 0 Å². The summed E-state index contributed by atoms with van der Waals surface area (Å²) in [5, 5.41) is 12.1. The van der Waals surface area contributed by atoms with Gasteiger partial charge in [0.1, 0.15) is 17.6 Å². The van der Waals surface area contributed by atoms with Crippen LogP contribution in [-0.2, 0) is 4.79 Å². The van der Waals surface area contributed by atoms with Gasteiger partial charge < -0.3 is 16.2 Å². The predicted octanol–water partition coefficient (Wildman–Crippen LogP) is 0.859. The average Bonchev–Trinajstić information content (AvgIpc) is 2.67. The lowest BCUT2D eigenvalue weighted by molar-refractivity contribution is -0.119. The molecule has 1 amide bonds. The average molecular weight is 336 g/mol. The van der Waals surface area contributed by atoms with E-state index in [0.29, 0.717) is 23.0 Å². The monoisotopic (exact) mass is 336 g/mol. The SMILES string of the molecule is NC(=O)C(CO)Nc1cc(-c2cccnc2)nc(-c2ccccn2)n1. The Morgan fingerprint density at radius 2 is 2.04 bits per heavy atom. The van der Waals surface area contributed by atoms with E-state index in [1.54, 1.807) is 42.9 Å². The van der Waals surface area contributed by atoms with Gasteiger partial charge >= 0.3 is 0 Å². The summed E-state index contributed by atoms with van der Waals surface area (Å²) in [7, 11) is 0. The predicted molar refractivity (Wildman–Crippen MR) is 92.2 cm³/mol. The molecule has 0 spiro atoms. The molecular formula is C17H16N6O2. The molecule has 3 aromatic heterocycles. The number of hydrogen-bond donors (Lipinski definition) is 3. The van der Waals surface area contributed by atoms with Gasteiger partial charge in [0.2, 0.25) is 5.91 Å². The van der Waals surface area contributed by atoms with Gasteiger partial charge in [0.05, 0.1) is 12.3 Å². The number of nitrogens with one attached hydrogen (secondary N) is 1. The van der Waals surface area contributed by atoms with Crippen molar-refractivity contribution in [2.45, 2.75) is 6.04 Å². The lowest BCUT2D eigenvalue weighted by atomic mass is 10.2. The molecule has 1 atom stereocenters. The summed E-state index contributed by atoms with van der Waals surface area (Å²) in [5.74, 6) is 0.0568. The van der Waals surface area contributed by atoms with Crippen LogP contribution in [0.5, 0.6) is 0 Å². The molecule has 0 aliphatic carbocycles. The molecule has 3 rings (SSSR count). The number of carbonyl (C=O) groups excluding carboxylic acids is 1. The number of hydrogen-bond acceptors (Lipinski definition) is 7. The second-order valence-electron chi connectivity index (χ2n) is 5.20. The molecule has 3 aromatic rings. The quantitative estimate of drug-likeness (QED) is 0.609. The van der Waals surface area contributed by atoms with Crippen LogP contribution in [0.3, 0.4) is 0 Å². The molecule has 1 unspecified atom stereocenters. The van der Waals surface area contributed by atoms with E-state index in [4.69, 9.17) is 5.73 Å². The highest BCUT2D eigenvalue weighted by Crippen LogP contribution is 2.23. The number of pyridine rings is 2. The van der Waals surface area contributed by atoms with Crippen molar-refractivity contribution in [2.75, 3.05) is 11.9 Å². The van der Waals surface area contributed by atoms with Gasteiger partial charge in [-0.15, -0.1) is 0 Å². The van der Waals surface area contributed by atoms with Crippen molar-refractivity contribution >= 4 is 11.7 Å². The van der Waals surface area contributed by atoms with Crippen LogP contribution in [0.2, 0.25) is 0 Å². The van der Waals surface area contributed by atoms with Gasteiger partial charge in [-0.2, -0.15) is 0 Å². The zero-order valence-electron chi connectivity index (χ0n) is 13.2. The van der Waals surface area contributed by atoms with Crippen LogP contribution in [0.1, 0.15) is 0 Å². The minimum absolute atomic E-state index is 0.354. The molecule has 4 N–H and O–H groups in total. The minimum Gasteiger partial charge on any atom is -0.394 e. The van der Waals surface area contributed by atoms with Gasteiger partial charge in [0.25, 0.3) is 0 Å². The Bertz CT molecular complexity index is 800. The van der Waals surface area contributed by atoms with Crippen molar-refractivity contribution in [1.29, 1.82) is 0 Å². The van der Waals surface area contributed by atoms with Crippen molar-refractivity contribution in [2.24, 2.45) is 5.73 Å². The first-order valence-electron chi connectivity index (χ1n) is 7.55. The number of aromatic nitrogens is 4. The van der Waals surface area contributed by atoms with Crippen LogP contribution in [0.4, 0.5) is 5.82 Å². The van der Waals surface area contributed by atoms with Gasteiger partial charge in [-0.3, -0.25) is 14.8 Å². The Hall–Kier alpha value is -3.39. The molecule has 126 valence electrons. The number of aliphatic hydroxyl groups is 1. The number of nitrogens with two attached hydrogens (primary N) is 1. The number of primary amides is 1. The van der Waals surface area contributed by atoms with Gasteiger partial charge in [-0.05, 0) is 24.3 Å². The van der Waals surface area contributed by atoms with Crippen LogP contribution in [0.25, 0.3) is 22.8 Å². The topological polar surface area (TPSA) is 127 Å². The number of nitrogens with zero attached hydrogens (tertiary/aromatic N) is 4. The van der Waals surface area contributed by atoms with Crippen molar-refractivity contribution in [1.82, 2.24) is 19.9 Å². The molecule has 0 aliphatic heterocycles. The summed E-state index contributed by atoms with van der Waals surface area (Å²) < 4.78 is 0. The molecule has 8 nitrogen and oxygen atoms in total. The first-order chi connectivity index (χ1) is 12.2. The highest BCUT2D eigenvalue weighted by Gasteiger charge is 2.16. The molecule has 25 heavy (non-hydrogen) atoms. The van der Waals surface area contributed by atoms with E-state index in [1.165, 1.54) is 0 Å². The summed E-state index contributed by atoms with van der Waals surface area (Å²) in [4.78, 5) is 28.6. The Kier molecular flexibility index (Phi) is 4.91. The smallest absolute Gasteiger partial charge is 0.242 e.